The molecule has 108 valence electrons. The Hall–Kier alpha value is -3.07. The Morgan fingerprint density at radius 3 is 3.05 bits per heavy atom. The predicted octanol–water partition coefficient (Wildman–Crippen LogP) is 1.28. The van der Waals surface area contributed by atoms with E-state index in [1.54, 1.807) is 24.3 Å². The van der Waals surface area contributed by atoms with Gasteiger partial charge in [0.05, 0.1) is 5.56 Å². The van der Waals surface area contributed by atoms with E-state index in [0.717, 1.165) is 0 Å². The van der Waals surface area contributed by atoms with Crippen LogP contribution in [-0.4, -0.2) is 30.7 Å². The van der Waals surface area contributed by atoms with E-state index in [2.05, 4.69) is 25.6 Å². The van der Waals surface area contributed by atoms with Crippen molar-refractivity contribution in [3.8, 4) is 0 Å². The molecule has 0 aliphatic rings. The Morgan fingerprint density at radius 2 is 2.18 bits per heavy atom. The molecule has 8 nitrogen and oxygen atoms in total. The van der Waals surface area contributed by atoms with E-state index in [4.69, 9.17) is 0 Å². The number of H-pyrrole nitrogens is 1. The highest BCUT2D eigenvalue weighted by atomic mass is 32.1. The molecule has 0 fully saturated rings. The average molecular weight is 312 g/mol. The normalized spacial score (nSPS) is 11.1. The van der Waals surface area contributed by atoms with Crippen molar-refractivity contribution in [1.29, 1.82) is 0 Å². The molecule has 0 spiro atoms. The van der Waals surface area contributed by atoms with Gasteiger partial charge >= 0.3 is 0 Å². The van der Waals surface area contributed by atoms with Crippen LogP contribution in [0.15, 0.2) is 41.5 Å². The van der Waals surface area contributed by atoms with Crippen molar-refractivity contribution in [2.75, 3.05) is 5.32 Å². The molecule has 0 radical (unpaired) electrons. The first-order valence-electron chi connectivity index (χ1n) is 6.31. The fourth-order valence-electron chi connectivity index (χ4n) is 2.17. The lowest BCUT2D eigenvalue weighted by Gasteiger charge is -2.05. The SMILES string of the molecule is O=C(Nc1nn2cnnc2s1)c1cc(=O)[nH]c2ccccc12. The standard InChI is InChI=1S/C13H8N6O2S/c20-10-5-8(7-3-1-2-4-9(7)15-10)11(21)16-12-18-19-6-14-17-13(19)22-12/h1-6H,(H,15,20)(H,16,18,21). The van der Waals surface area contributed by atoms with Gasteiger partial charge in [-0.15, -0.1) is 15.3 Å². The van der Waals surface area contributed by atoms with Crippen molar-refractivity contribution >= 4 is 38.2 Å². The molecule has 9 heteroatoms. The van der Waals surface area contributed by atoms with Crippen LogP contribution in [0.4, 0.5) is 5.13 Å². The van der Waals surface area contributed by atoms with Gasteiger partial charge in [0, 0.05) is 17.0 Å². The molecule has 0 atom stereocenters. The number of amides is 1. The number of anilines is 1. The van der Waals surface area contributed by atoms with E-state index in [-0.39, 0.29) is 5.56 Å². The number of hydrogen-bond donors (Lipinski definition) is 2. The number of carbonyl (C=O) groups excluding carboxylic acids is 1. The number of nitrogens with one attached hydrogen (secondary N) is 2. The van der Waals surface area contributed by atoms with Gasteiger partial charge in [0.15, 0.2) is 0 Å². The summed E-state index contributed by atoms with van der Waals surface area (Å²) in [6.07, 6.45) is 1.45. The molecule has 0 saturated carbocycles. The first-order chi connectivity index (χ1) is 10.7. The average Bonchev–Trinajstić information content (AvgIpc) is 3.07. The van der Waals surface area contributed by atoms with Crippen molar-refractivity contribution in [3.63, 3.8) is 0 Å². The zero-order chi connectivity index (χ0) is 15.1. The van der Waals surface area contributed by atoms with Gasteiger partial charge in [0.1, 0.15) is 6.33 Å². The maximum atomic E-state index is 12.4. The van der Waals surface area contributed by atoms with E-state index >= 15 is 0 Å². The van der Waals surface area contributed by atoms with E-state index in [9.17, 15) is 9.59 Å². The first-order valence-corrected chi connectivity index (χ1v) is 7.12. The molecular weight excluding hydrogens is 304 g/mol. The van der Waals surface area contributed by atoms with Gasteiger partial charge in [-0.25, -0.2) is 0 Å². The topological polar surface area (TPSA) is 105 Å². The second kappa shape index (κ2) is 4.74. The Bertz CT molecular complexity index is 1030. The predicted molar refractivity (Wildman–Crippen MR) is 81.2 cm³/mol. The lowest BCUT2D eigenvalue weighted by atomic mass is 10.1. The van der Waals surface area contributed by atoms with Gasteiger partial charge in [0.2, 0.25) is 15.7 Å². The quantitative estimate of drug-likeness (QED) is 0.580. The van der Waals surface area contributed by atoms with Crippen LogP contribution in [0.1, 0.15) is 10.4 Å². The van der Waals surface area contributed by atoms with Gasteiger partial charge in [0.25, 0.3) is 5.91 Å². The molecule has 1 aromatic carbocycles. The lowest BCUT2D eigenvalue weighted by molar-refractivity contribution is 0.102. The minimum Gasteiger partial charge on any atom is -0.322 e. The summed E-state index contributed by atoms with van der Waals surface area (Å²) in [7, 11) is 0. The second-order valence-corrected chi connectivity index (χ2v) is 5.47. The molecule has 1 amide bonds. The van der Waals surface area contributed by atoms with E-state index in [1.165, 1.54) is 28.2 Å². The van der Waals surface area contributed by atoms with Crippen LogP contribution in [0.5, 0.6) is 0 Å². The number of benzene rings is 1. The highest BCUT2D eigenvalue weighted by Crippen LogP contribution is 2.20. The Morgan fingerprint density at radius 1 is 1.32 bits per heavy atom. The molecule has 22 heavy (non-hydrogen) atoms. The summed E-state index contributed by atoms with van der Waals surface area (Å²) >= 11 is 1.20. The summed E-state index contributed by atoms with van der Waals surface area (Å²) in [4.78, 5) is 27.4. The summed E-state index contributed by atoms with van der Waals surface area (Å²) < 4.78 is 1.47. The maximum Gasteiger partial charge on any atom is 0.258 e. The van der Waals surface area contributed by atoms with Crippen LogP contribution in [-0.2, 0) is 0 Å². The van der Waals surface area contributed by atoms with Crippen LogP contribution in [0.25, 0.3) is 15.9 Å². The van der Waals surface area contributed by atoms with Crippen molar-refractivity contribution in [1.82, 2.24) is 24.8 Å². The minimum absolute atomic E-state index is 0.297. The molecule has 0 bridgehead atoms. The van der Waals surface area contributed by atoms with Crippen molar-refractivity contribution < 1.29 is 4.79 Å². The molecule has 3 aromatic heterocycles. The van der Waals surface area contributed by atoms with Gasteiger partial charge in [-0.3, -0.25) is 14.9 Å². The number of carbonyl (C=O) groups is 1. The summed E-state index contributed by atoms with van der Waals surface area (Å²) in [5, 5.41) is 15.4. The molecule has 0 saturated heterocycles. The lowest BCUT2D eigenvalue weighted by Crippen LogP contribution is -2.16. The summed E-state index contributed by atoms with van der Waals surface area (Å²) in [5.74, 6) is -0.396. The van der Waals surface area contributed by atoms with Gasteiger partial charge in [-0.2, -0.15) is 4.52 Å². The molecule has 4 aromatic rings. The summed E-state index contributed by atoms with van der Waals surface area (Å²) in [6, 6.07) is 8.40. The number of para-hydroxylation sites is 1. The zero-order valence-electron chi connectivity index (χ0n) is 11.0. The first kappa shape index (κ1) is 12.7. The van der Waals surface area contributed by atoms with E-state index in [1.807, 2.05) is 0 Å². The number of pyridine rings is 1. The number of fused-ring (bicyclic) bond motifs is 2. The van der Waals surface area contributed by atoms with Gasteiger partial charge < -0.3 is 4.98 Å². The largest absolute Gasteiger partial charge is 0.322 e. The monoisotopic (exact) mass is 312 g/mol. The third-order valence-electron chi connectivity index (χ3n) is 3.10. The number of hydrogen-bond acceptors (Lipinski definition) is 6. The fraction of sp³-hybridized carbons (Fsp3) is 0. The van der Waals surface area contributed by atoms with Crippen molar-refractivity contribution in [2.24, 2.45) is 0 Å². The molecule has 0 aliphatic carbocycles. The highest BCUT2D eigenvalue weighted by molar-refractivity contribution is 7.20. The van der Waals surface area contributed by atoms with Crippen molar-refractivity contribution in [2.45, 2.75) is 0 Å². The van der Waals surface area contributed by atoms with Crippen LogP contribution in [0.3, 0.4) is 0 Å². The number of rotatable bonds is 2. The van der Waals surface area contributed by atoms with E-state index in [0.29, 0.717) is 26.6 Å². The third kappa shape index (κ3) is 2.04. The minimum atomic E-state index is -0.396. The van der Waals surface area contributed by atoms with Crippen LogP contribution in [0, 0.1) is 0 Å². The fourth-order valence-corrected chi connectivity index (χ4v) is 2.88. The molecule has 0 unspecified atom stereocenters. The molecule has 2 N–H and O–H groups in total. The van der Waals surface area contributed by atoms with Crippen molar-refractivity contribution in [3.05, 3.63) is 52.6 Å². The van der Waals surface area contributed by atoms with Crippen LogP contribution in [0.2, 0.25) is 0 Å². The molecular formula is C13H8N6O2S. The highest BCUT2D eigenvalue weighted by Gasteiger charge is 2.14. The van der Waals surface area contributed by atoms with Crippen LogP contribution >= 0.6 is 11.3 Å². The van der Waals surface area contributed by atoms with Crippen LogP contribution < -0.4 is 10.9 Å². The third-order valence-corrected chi connectivity index (χ3v) is 3.93. The Kier molecular flexibility index (Phi) is 2.73. The Balaban J connectivity index is 1.76. The number of aromatic nitrogens is 5. The van der Waals surface area contributed by atoms with E-state index < -0.39 is 5.91 Å². The summed E-state index contributed by atoms with van der Waals surface area (Å²) in [5.41, 5.74) is 0.575. The number of aromatic amines is 1. The number of nitrogens with zero attached hydrogens (tertiary/aromatic N) is 4. The maximum absolute atomic E-state index is 12.4. The smallest absolute Gasteiger partial charge is 0.258 e. The zero-order valence-corrected chi connectivity index (χ0v) is 11.8. The van der Waals surface area contributed by atoms with Gasteiger partial charge in [-0.05, 0) is 6.07 Å². The summed E-state index contributed by atoms with van der Waals surface area (Å²) in [6.45, 7) is 0. The molecule has 0 aliphatic heterocycles. The molecule has 3 heterocycles. The Labute approximate surface area is 126 Å². The second-order valence-electron chi connectivity index (χ2n) is 4.51. The van der Waals surface area contributed by atoms with Gasteiger partial charge in [-0.1, -0.05) is 29.5 Å². The molecule has 4 rings (SSSR count).